The second-order valence-electron chi connectivity index (χ2n) is 4.45. The summed E-state index contributed by atoms with van der Waals surface area (Å²) in [5.41, 5.74) is 1.40. The highest BCUT2D eigenvalue weighted by atomic mass is 35.5. The molecule has 0 aliphatic carbocycles. The summed E-state index contributed by atoms with van der Waals surface area (Å²) in [5.74, 6) is 0. The third-order valence-electron chi connectivity index (χ3n) is 2.96. The predicted octanol–water partition coefficient (Wildman–Crippen LogP) is 5.73. The van der Waals surface area contributed by atoms with E-state index in [0.29, 0.717) is 15.7 Å². The lowest BCUT2D eigenvalue weighted by Crippen LogP contribution is -2.07. The number of nitro benzene ring substituents is 1. The third-order valence-corrected chi connectivity index (χ3v) is 3.84. The molecule has 0 saturated carbocycles. The quantitative estimate of drug-likeness (QED) is 0.569. The van der Waals surface area contributed by atoms with Gasteiger partial charge in [-0.15, -0.1) is 0 Å². The largest absolute Gasteiger partial charge is 0.377 e. The van der Waals surface area contributed by atoms with Crippen LogP contribution < -0.4 is 5.32 Å². The maximum Gasteiger partial charge on any atom is 0.271 e. The summed E-state index contributed by atoms with van der Waals surface area (Å²) in [4.78, 5) is 10.2. The topological polar surface area (TPSA) is 55.2 Å². The Bertz CT molecular complexity index is 692. The summed E-state index contributed by atoms with van der Waals surface area (Å²) in [7, 11) is 0. The lowest BCUT2D eigenvalue weighted by Gasteiger charge is -2.18. The highest BCUT2D eigenvalue weighted by molar-refractivity contribution is 6.35. The van der Waals surface area contributed by atoms with Crippen molar-refractivity contribution >= 4 is 46.2 Å². The molecule has 0 heterocycles. The van der Waals surface area contributed by atoms with Crippen LogP contribution in [-0.4, -0.2) is 4.92 Å². The first-order valence-electron chi connectivity index (χ1n) is 6.04. The van der Waals surface area contributed by atoms with Crippen molar-refractivity contribution in [3.8, 4) is 0 Å². The minimum atomic E-state index is -0.491. The Morgan fingerprint density at radius 2 is 1.81 bits per heavy atom. The fourth-order valence-electron chi connectivity index (χ4n) is 1.90. The van der Waals surface area contributed by atoms with E-state index in [-0.39, 0.29) is 16.8 Å². The van der Waals surface area contributed by atoms with Crippen LogP contribution >= 0.6 is 34.8 Å². The normalized spacial score (nSPS) is 12.0. The number of non-ortho nitro benzene ring substituents is 1. The van der Waals surface area contributed by atoms with Gasteiger partial charge in [0.1, 0.15) is 0 Å². The Labute approximate surface area is 136 Å². The van der Waals surface area contributed by atoms with E-state index in [0.717, 1.165) is 5.56 Å². The highest BCUT2D eigenvalue weighted by Crippen LogP contribution is 2.32. The third kappa shape index (κ3) is 3.79. The summed E-state index contributed by atoms with van der Waals surface area (Å²) in [5, 5.41) is 15.2. The standard InChI is InChI=1S/C14H11Cl3N2O2/c1-8(11-4-2-9(15)6-12(11)16)18-14-5-3-10(19(20)21)7-13(14)17/h2-8,18H,1H3. The van der Waals surface area contributed by atoms with Crippen LogP contribution in [-0.2, 0) is 0 Å². The van der Waals surface area contributed by atoms with Gasteiger partial charge in [0.05, 0.1) is 21.7 Å². The SMILES string of the molecule is CC(Nc1ccc([N+](=O)[O-])cc1Cl)c1ccc(Cl)cc1Cl. The molecular formula is C14H11Cl3N2O2. The number of nitro groups is 1. The number of rotatable bonds is 4. The van der Waals surface area contributed by atoms with Crippen LogP contribution in [0.3, 0.4) is 0 Å². The van der Waals surface area contributed by atoms with Crippen molar-refractivity contribution in [2.24, 2.45) is 0 Å². The second-order valence-corrected chi connectivity index (χ2v) is 5.70. The molecule has 0 aliphatic rings. The van der Waals surface area contributed by atoms with E-state index in [9.17, 15) is 10.1 Å². The molecule has 2 aromatic carbocycles. The minimum Gasteiger partial charge on any atom is -0.377 e. The molecule has 0 saturated heterocycles. The molecule has 110 valence electrons. The van der Waals surface area contributed by atoms with Crippen LogP contribution in [0.2, 0.25) is 15.1 Å². The van der Waals surface area contributed by atoms with E-state index in [1.54, 1.807) is 18.2 Å². The summed E-state index contributed by atoms with van der Waals surface area (Å²) in [6.07, 6.45) is 0. The monoisotopic (exact) mass is 344 g/mol. The molecule has 0 aromatic heterocycles. The maximum atomic E-state index is 10.7. The zero-order valence-corrected chi connectivity index (χ0v) is 13.2. The van der Waals surface area contributed by atoms with E-state index in [2.05, 4.69) is 5.32 Å². The number of nitrogens with one attached hydrogen (secondary N) is 1. The average Bonchev–Trinajstić information content (AvgIpc) is 2.40. The van der Waals surface area contributed by atoms with Gasteiger partial charge in [-0.05, 0) is 30.7 Å². The van der Waals surface area contributed by atoms with Crippen molar-refractivity contribution in [1.29, 1.82) is 0 Å². The van der Waals surface area contributed by atoms with Crippen molar-refractivity contribution in [2.45, 2.75) is 13.0 Å². The molecule has 21 heavy (non-hydrogen) atoms. The Hall–Kier alpha value is -1.49. The number of hydrogen-bond donors (Lipinski definition) is 1. The summed E-state index contributed by atoms with van der Waals surface area (Å²) < 4.78 is 0. The number of halogens is 3. The summed E-state index contributed by atoms with van der Waals surface area (Å²) in [6, 6.07) is 9.37. The van der Waals surface area contributed by atoms with Gasteiger partial charge in [0.2, 0.25) is 0 Å². The molecule has 0 radical (unpaired) electrons. The number of hydrogen-bond acceptors (Lipinski definition) is 3. The van der Waals surface area contributed by atoms with Gasteiger partial charge in [-0.2, -0.15) is 0 Å². The van der Waals surface area contributed by atoms with Crippen LogP contribution in [0.25, 0.3) is 0 Å². The first kappa shape index (κ1) is 15.9. The molecule has 4 nitrogen and oxygen atoms in total. The molecule has 0 amide bonds. The van der Waals surface area contributed by atoms with Crippen LogP contribution in [0.1, 0.15) is 18.5 Å². The molecule has 7 heteroatoms. The van der Waals surface area contributed by atoms with Gasteiger partial charge >= 0.3 is 0 Å². The Morgan fingerprint density at radius 3 is 2.38 bits per heavy atom. The van der Waals surface area contributed by atoms with E-state index in [4.69, 9.17) is 34.8 Å². The van der Waals surface area contributed by atoms with E-state index in [1.165, 1.54) is 12.1 Å². The summed E-state index contributed by atoms with van der Waals surface area (Å²) in [6.45, 7) is 1.91. The highest BCUT2D eigenvalue weighted by Gasteiger charge is 2.14. The van der Waals surface area contributed by atoms with Gasteiger partial charge < -0.3 is 5.32 Å². The van der Waals surface area contributed by atoms with Crippen LogP contribution in [0, 0.1) is 10.1 Å². The molecule has 1 N–H and O–H groups in total. The van der Waals surface area contributed by atoms with E-state index in [1.807, 2.05) is 13.0 Å². The maximum absolute atomic E-state index is 10.7. The molecule has 0 bridgehead atoms. The summed E-state index contributed by atoms with van der Waals surface area (Å²) >= 11 is 18.1. The van der Waals surface area contributed by atoms with Crippen LogP contribution in [0.15, 0.2) is 36.4 Å². The second kappa shape index (κ2) is 6.52. The molecule has 1 unspecified atom stereocenters. The first-order valence-corrected chi connectivity index (χ1v) is 7.17. The number of anilines is 1. The molecule has 2 aromatic rings. The van der Waals surface area contributed by atoms with E-state index < -0.39 is 4.92 Å². The average molecular weight is 346 g/mol. The Morgan fingerprint density at radius 1 is 1.10 bits per heavy atom. The molecule has 0 aliphatic heterocycles. The van der Waals surface area contributed by atoms with Gasteiger partial charge in [0.15, 0.2) is 0 Å². The zero-order valence-electron chi connectivity index (χ0n) is 10.9. The smallest absolute Gasteiger partial charge is 0.271 e. The lowest BCUT2D eigenvalue weighted by atomic mass is 10.1. The molecule has 0 fully saturated rings. The minimum absolute atomic E-state index is 0.0530. The lowest BCUT2D eigenvalue weighted by molar-refractivity contribution is -0.384. The van der Waals surface area contributed by atoms with Crippen molar-refractivity contribution in [3.05, 3.63) is 67.1 Å². The molecule has 2 rings (SSSR count). The number of benzene rings is 2. The van der Waals surface area contributed by atoms with Gasteiger partial charge in [-0.3, -0.25) is 10.1 Å². The van der Waals surface area contributed by atoms with Crippen molar-refractivity contribution in [1.82, 2.24) is 0 Å². The Kier molecular flexibility index (Phi) is 4.93. The predicted molar refractivity (Wildman–Crippen MR) is 86.6 cm³/mol. The van der Waals surface area contributed by atoms with Crippen LogP contribution in [0.4, 0.5) is 11.4 Å². The molecule has 0 spiro atoms. The van der Waals surface area contributed by atoms with Crippen molar-refractivity contribution < 1.29 is 4.92 Å². The van der Waals surface area contributed by atoms with Gasteiger partial charge in [-0.1, -0.05) is 40.9 Å². The molecule has 1 atom stereocenters. The first-order chi connectivity index (χ1) is 9.88. The molecular weight excluding hydrogens is 335 g/mol. The zero-order chi connectivity index (χ0) is 15.6. The van der Waals surface area contributed by atoms with Crippen LogP contribution in [0.5, 0.6) is 0 Å². The number of nitrogens with zero attached hydrogens (tertiary/aromatic N) is 1. The van der Waals surface area contributed by atoms with E-state index >= 15 is 0 Å². The van der Waals surface area contributed by atoms with Gasteiger partial charge in [0.25, 0.3) is 5.69 Å². The van der Waals surface area contributed by atoms with Gasteiger partial charge in [-0.25, -0.2) is 0 Å². The van der Waals surface area contributed by atoms with Crippen molar-refractivity contribution in [2.75, 3.05) is 5.32 Å². The fraction of sp³-hybridized carbons (Fsp3) is 0.143. The van der Waals surface area contributed by atoms with Gasteiger partial charge in [0, 0.05) is 22.2 Å². The van der Waals surface area contributed by atoms with Crippen molar-refractivity contribution in [3.63, 3.8) is 0 Å². The fourth-order valence-corrected chi connectivity index (χ4v) is 2.70. The Balaban J connectivity index is 2.23.